The van der Waals surface area contributed by atoms with E-state index < -0.39 is 5.92 Å². The minimum Gasteiger partial charge on any atom is -0.302 e. The van der Waals surface area contributed by atoms with E-state index in [1.165, 1.54) is 5.57 Å². The highest BCUT2D eigenvalue weighted by Crippen LogP contribution is 2.16. The third-order valence-corrected chi connectivity index (χ3v) is 2.11. The van der Waals surface area contributed by atoms with Crippen LogP contribution in [0.2, 0.25) is 0 Å². The van der Waals surface area contributed by atoms with Gasteiger partial charge >= 0.3 is 0 Å². The molecule has 0 radical (unpaired) electrons. The lowest BCUT2D eigenvalue weighted by molar-refractivity contribution is -0.122. The van der Waals surface area contributed by atoms with Gasteiger partial charge in [0.1, 0.15) is 6.29 Å². The number of ketones is 1. The quantitative estimate of drug-likeness (QED) is 0.388. The summed E-state index contributed by atoms with van der Waals surface area (Å²) in [5.74, 6) is -0.638. The second kappa shape index (κ2) is 4.70. The number of aldehydes is 1. The molecule has 1 rings (SSSR count). The molecule has 14 heavy (non-hydrogen) atoms. The summed E-state index contributed by atoms with van der Waals surface area (Å²) in [6, 6.07) is 0. The first-order valence-electron chi connectivity index (χ1n) is 4.65. The minimum absolute atomic E-state index is 0.0694. The molecule has 0 aromatic rings. The van der Waals surface area contributed by atoms with Gasteiger partial charge in [-0.25, -0.2) is 0 Å². The zero-order chi connectivity index (χ0) is 10.6. The number of allylic oxidation sites excluding steroid dienone is 6. The normalized spacial score (nSPS) is 20.3. The van der Waals surface area contributed by atoms with Crippen molar-refractivity contribution in [1.29, 1.82) is 0 Å². The number of Topliss-reactive ketones (excluding diaryl/α,β-unsaturated/α-hetero) is 1. The molecule has 1 unspecified atom stereocenters. The van der Waals surface area contributed by atoms with Gasteiger partial charge in [-0.2, -0.15) is 0 Å². The lowest BCUT2D eigenvalue weighted by Crippen LogP contribution is -2.17. The van der Waals surface area contributed by atoms with Crippen molar-refractivity contribution < 1.29 is 9.59 Å². The highest BCUT2D eigenvalue weighted by Gasteiger charge is 2.20. The molecule has 2 heteroatoms. The number of hydrogen-bond acceptors (Lipinski definition) is 2. The molecule has 0 saturated carbocycles. The van der Waals surface area contributed by atoms with Gasteiger partial charge in [0.05, 0.1) is 5.92 Å². The third-order valence-electron chi connectivity index (χ3n) is 2.11. The molecule has 0 fully saturated rings. The van der Waals surface area contributed by atoms with E-state index in [-0.39, 0.29) is 5.78 Å². The van der Waals surface area contributed by atoms with Crippen molar-refractivity contribution in [2.75, 3.05) is 0 Å². The summed E-state index contributed by atoms with van der Waals surface area (Å²) >= 11 is 0. The molecular formula is C12H14O2. The van der Waals surface area contributed by atoms with Crippen LogP contribution in [0.3, 0.4) is 0 Å². The average molecular weight is 190 g/mol. The molecule has 0 bridgehead atoms. The van der Waals surface area contributed by atoms with Crippen LogP contribution in [0.4, 0.5) is 0 Å². The lowest BCUT2D eigenvalue weighted by Gasteiger charge is -2.10. The number of hydrogen-bond donors (Lipinski definition) is 0. The predicted octanol–water partition coefficient (Wildman–Crippen LogP) is 2.22. The van der Waals surface area contributed by atoms with Gasteiger partial charge in [0.15, 0.2) is 5.78 Å². The fourth-order valence-corrected chi connectivity index (χ4v) is 1.26. The maximum atomic E-state index is 11.6. The zero-order valence-electron chi connectivity index (χ0n) is 8.49. The Kier molecular flexibility index (Phi) is 3.57. The fraction of sp³-hybridized carbons (Fsp3) is 0.333. The summed E-state index contributed by atoms with van der Waals surface area (Å²) in [6.45, 7) is 3.97. The Morgan fingerprint density at radius 1 is 1.50 bits per heavy atom. The van der Waals surface area contributed by atoms with Crippen molar-refractivity contribution in [3.8, 4) is 0 Å². The lowest BCUT2D eigenvalue weighted by atomic mass is 9.91. The smallest absolute Gasteiger partial charge is 0.173 e. The first-order chi connectivity index (χ1) is 6.65. The van der Waals surface area contributed by atoms with E-state index in [9.17, 15) is 9.59 Å². The van der Waals surface area contributed by atoms with Crippen molar-refractivity contribution >= 4 is 12.1 Å². The molecule has 1 aliphatic rings. The average Bonchev–Trinajstić information content (AvgIpc) is 2.16. The first-order valence-corrected chi connectivity index (χ1v) is 4.65. The van der Waals surface area contributed by atoms with Gasteiger partial charge in [-0.3, -0.25) is 4.79 Å². The van der Waals surface area contributed by atoms with Crippen molar-refractivity contribution in [3.63, 3.8) is 0 Å². The van der Waals surface area contributed by atoms with Crippen molar-refractivity contribution in [3.05, 3.63) is 35.5 Å². The molecule has 0 saturated heterocycles. The van der Waals surface area contributed by atoms with Crippen molar-refractivity contribution in [2.45, 2.75) is 20.3 Å². The van der Waals surface area contributed by atoms with E-state index in [0.717, 1.165) is 0 Å². The summed E-state index contributed by atoms with van der Waals surface area (Å²) in [6.07, 6.45) is 8.48. The molecule has 0 N–H and O–H groups in total. The van der Waals surface area contributed by atoms with Crippen LogP contribution >= 0.6 is 0 Å². The summed E-state index contributed by atoms with van der Waals surface area (Å²) < 4.78 is 0. The van der Waals surface area contributed by atoms with Crippen LogP contribution in [0, 0.1) is 5.92 Å². The molecule has 0 aromatic heterocycles. The van der Waals surface area contributed by atoms with Gasteiger partial charge in [-0.1, -0.05) is 29.9 Å². The summed E-state index contributed by atoms with van der Waals surface area (Å²) in [4.78, 5) is 22.1. The molecule has 1 aliphatic carbocycles. The molecule has 0 aromatic carbocycles. The van der Waals surface area contributed by atoms with Crippen LogP contribution in [0.15, 0.2) is 35.5 Å². The highest BCUT2D eigenvalue weighted by atomic mass is 16.1. The summed E-state index contributed by atoms with van der Waals surface area (Å²) in [7, 11) is 0. The molecule has 0 spiro atoms. The zero-order valence-corrected chi connectivity index (χ0v) is 8.49. The number of carbonyl (C=O) groups excluding carboxylic acids is 2. The predicted molar refractivity (Wildman–Crippen MR) is 55.8 cm³/mol. The first kappa shape index (κ1) is 10.6. The minimum atomic E-state index is -0.569. The van der Waals surface area contributed by atoms with E-state index >= 15 is 0 Å². The largest absolute Gasteiger partial charge is 0.302 e. The topological polar surface area (TPSA) is 34.1 Å². The van der Waals surface area contributed by atoms with Crippen LogP contribution in [0.1, 0.15) is 20.3 Å². The van der Waals surface area contributed by atoms with Crippen LogP contribution < -0.4 is 0 Å². The fourth-order valence-electron chi connectivity index (χ4n) is 1.26. The second-order valence-electron chi connectivity index (χ2n) is 3.59. The Labute approximate surface area is 84.0 Å². The van der Waals surface area contributed by atoms with E-state index in [4.69, 9.17) is 0 Å². The van der Waals surface area contributed by atoms with Crippen LogP contribution in [-0.4, -0.2) is 12.1 Å². The van der Waals surface area contributed by atoms with Gasteiger partial charge in [-0.05, 0) is 25.8 Å². The highest BCUT2D eigenvalue weighted by molar-refractivity contribution is 6.07. The maximum Gasteiger partial charge on any atom is 0.173 e. The second-order valence-corrected chi connectivity index (χ2v) is 3.59. The Balaban J connectivity index is 2.75. The van der Waals surface area contributed by atoms with Gasteiger partial charge in [-0.15, -0.1) is 0 Å². The molecule has 1 atom stereocenters. The van der Waals surface area contributed by atoms with Gasteiger partial charge in [0.25, 0.3) is 0 Å². The van der Waals surface area contributed by atoms with E-state index in [1.54, 1.807) is 18.2 Å². The maximum absolute atomic E-state index is 11.6. The monoisotopic (exact) mass is 190 g/mol. The van der Waals surface area contributed by atoms with Gasteiger partial charge in [0.2, 0.25) is 0 Å². The molecule has 0 heterocycles. The molecular weight excluding hydrogens is 176 g/mol. The Hall–Kier alpha value is -1.44. The number of carbonyl (C=O) groups is 2. The van der Waals surface area contributed by atoms with Gasteiger partial charge < -0.3 is 4.79 Å². The van der Waals surface area contributed by atoms with Crippen LogP contribution in [0.5, 0.6) is 0 Å². The summed E-state index contributed by atoms with van der Waals surface area (Å²) in [5, 5.41) is 0. The van der Waals surface area contributed by atoms with Gasteiger partial charge in [0, 0.05) is 0 Å². The Morgan fingerprint density at radius 3 is 2.79 bits per heavy atom. The van der Waals surface area contributed by atoms with E-state index in [0.29, 0.717) is 18.3 Å². The Bertz CT molecular complexity index is 328. The standard InChI is InChI=1S/C12H14O2/c1-9(2)6-7-10-4-3-5-11(8-13)12(10)14/h3-6,8,11H,7H2,1-2H3. The number of rotatable bonds is 3. The van der Waals surface area contributed by atoms with E-state index in [1.807, 2.05) is 19.9 Å². The molecule has 2 nitrogen and oxygen atoms in total. The van der Waals surface area contributed by atoms with E-state index in [2.05, 4.69) is 0 Å². The SMILES string of the molecule is CC(C)=CCC1=CC=CC(C=O)C1=O. The van der Waals surface area contributed by atoms with Crippen molar-refractivity contribution in [1.82, 2.24) is 0 Å². The van der Waals surface area contributed by atoms with Crippen LogP contribution in [0.25, 0.3) is 0 Å². The molecule has 0 amide bonds. The third kappa shape index (κ3) is 2.52. The molecule has 0 aliphatic heterocycles. The summed E-state index contributed by atoms with van der Waals surface area (Å²) in [5.41, 5.74) is 1.89. The van der Waals surface area contributed by atoms with Crippen molar-refractivity contribution in [2.24, 2.45) is 5.92 Å². The molecule has 74 valence electrons. The van der Waals surface area contributed by atoms with Crippen LogP contribution in [-0.2, 0) is 9.59 Å². The Morgan fingerprint density at radius 2 is 2.21 bits per heavy atom.